The quantitative estimate of drug-likeness (QED) is 0.864. The average molecular weight is 342 g/mol. The fraction of sp³-hybridized carbons (Fsp3) is 0.389. The number of nitrogens with zero attached hydrogens (tertiary/aromatic N) is 3. The smallest absolute Gasteiger partial charge is 0.343 e. The largest absolute Gasteiger partial charge is 0.465 e. The van der Waals surface area contributed by atoms with E-state index in [1.807, 2.05) is 4.90 Å². The van der Waals surface area contributed by atoms with Gasteiger partial charge >= 0.3 is 5.97 Å². The van der Waals surface area contributed by atoms with Crippen LogP contribution in [0.25, 0.3) is 5.69 Å². The molecule has 132 valence electrons. The van der Waals surface area contributed by atoms with Gasteiger partial charge in [-0.05, 0) is 37.1 Å². The number of nitrogens with two attached hydrogens (primary N) is 1. The van der Waals surface area contributed by atoms with Crippen LogP contribution in [-0.2, 0) is 4.74 Å². The van der Waals surface area contributed by atoms with Crippen LogP contribution in [0.15, 0.2) is 30.5 Å². The lowest BCUT2D eigenvalue weighted by Gasteiger charge is -2.20. The van der Waals surface area contributed by atoms with Crippen LogP contribution in [0.1, 0.15) is 46.4 Å². The van der Waals surface area contributed by atoms with E-state index in [0.29, 0.717) is 11.3 Å². The maximum atomic E-state index is 12.6. The number of hydrogen-bond acceptors (Lipinski definition) is 5. The molecule has 0 aliphatic carbocycles. The van der Waals surface area contributed by atoms with Crippen LogP contribution >= 0.6 is 0 Å². The SMILES string of the molecule is COC(=O)c1cnn(-c2ccc(C(=O)N3CCCCCC3)cc2)c1N. The van der Waals surface area contributed by atoms with Gasteiger partial charge in [0.15, 0.2) is 0 Å². The highest BCUT2D eigenvalue weighted by molar-refractivity contribution is 5.95. The Morgan fingerprint density at radius 3 is 2.32 bits per heavy atom. The Morgan fingerprint density at radius 2 is 1.72 bits per heavy atom. The van der Waals surface area contributed by atoms with Crippen molar-refractivity contribution in [2.75, 3.05) is 25.9 Å². The van der Waals surface area contributed by atoms with E-state index in [1.54, 1.807) is 24.3 Å². The molecule has 1 aromatic heterocycles. The summed E-state index contributed by atoms with van der Waals surface area (Å²) in [5, 5.41) is 4.13. The number of esters is 1. The molecule has 0 radical (unpaired) electrons. The number of benzene rings is 1. The van der Waals surface area contributed by atoms with Crippen LogP contribution in [-0.4, -0.2) is 46.8 Å². The van der Waals surface area contributed by atoms with Gasteiger partial charge in [0, 0.05) is 18.7 Å². The van der Waals surface area contributed by atoms with E-state index in [0.717, 1.165) is 25.9 Å². The van der Waals surface area contributed by atoms with Gasteiger partial charge in [0.25, 0.3) is 5.91 Å². The number of methoxy groups -OCH3 is 1. The molecule has 7 nitrogen and oxygen atoms in total. The number of amides is 1. The molecule has 0 spiro atoms. The number of anilines is 1. The van der Waals surface area contributed by atoms with Gasteiger partial charge in [0.1, 0.15) is 11.4 Å². The zero-order chi connectivity index (χ0) is 17.8. The normalized spacial score (nSPS) is 14.8. The summed E-state index contributed by atoms with van der Waals surface area (Å²) in [6, 6.07) is 7.08. The molecule has 7 heteroatoms. The van der Waals surface area contributed by atoms with Crippen molar-refractivity contribution >= 4 is 17.7 Å². The number of hydrogen-bond donors (Lipinski definition) is 1. The third kappa shape index (κ3) is 3.50. The van der Waals surface area contributed by atoms with E-state index in [1.165, 1.54) is 30.8 Å². The first-order valence-electron chi connectivity index (χ1n) is 8.43. The van der Waals surface area contributed by atoms with E-state index < -0.39 is 5.97 Å². The molecule has 0 atom stereocenters. The Hall–Kier alpha value is -2.83. The number of carbonyl (C=O) groups excluding carboxylic acids is 2. The first kappa shape index (κ1) is 17.0. The highest BCUT2D eigenvalue weighted by Crippen LogP contribution is 2.19. The molecule has 0 bridgehead atoms. The molecule has 3 rings (SSSR count). The second kappa shape index (κ2) is 7.38. The minimum absolute atomic E-state index is 0.0529. The molecular weight excluding hydrogens is 320 g/mol. The Bertz CT molecular complexity index is 759. The number of nitrogen functional groups attached to an aromatic ring is 1. The van der Waals surface area contributed by atoms with Crippen molar-refractivity contribution in [2.45, 2.75) is 25.7 Å². The predicted molar refractivity (Wildman–Crippen MR) is 93.7 cm³/mol. The van der Waals surface area contributed by atoms with Gasteiger partial charge in [-0.1, -0.05) is 12.8 Å². The van der Waals surface area contributed by atoms with Crippen LogP contribution in [0.5, 0.6) is 0 Å². The number of rotatable bonds is 3. The molecule has 1 fully saturated rings. The monoisotopic (exact) mass is 342 g/mol. The summed E-state index contributed by atoms with van der Waals surface area (Å²) >= 11 is 0. The second-order valence-corrected chi connectivity index (χ2v) is 6.10. The van der Waals surface area contributed by atoms with Crippen LogP contribution in [0.2, 0.25) is 0 Å². The second-order valence-electron chi connectivity index (χ2n) is 6.10. The lowest BCUT2D eigenvalue weighted by atomic mass is 10.1. The zero-order valence-electron chi connectivity index (χ0n) is 14.3. The lowest BCUT2D eigenvalue weighted by Crippen LogP contribution is -2.31. The summed E-state index contributed by atoms with van der Waals surface area (Å²) in [7, 11) is 1.29. The fourth-order valence-corrected chi connectivity index (χ4v) is 3.03. The van der Waals surface area contributed by atoms with Gasteiger partial charge in [-0.25, -0.2) is 9.48 Å². The van der Waals surface area contributed by atoms with E-state index in [-0.39, 0.29) is 17.3 Å². The molecule has 1 saturated heterocycles. The zero-order valence-corrected chi connectivity index (χ0v) is 14.3. The van der Waals surface area contributed by atoms with E-state index >= 15 is 0 Å². The first-order valence-corrected chi connectivity index (χ1v) is 8.43. The van der Waals surface area contributed by atoms with Crippen molar-refractivity contribution in [3.05, 3.63) is 41.6 Å². The topological polar surface area (TPSA) is 90.4 Å². The Kier molecular flexibility index (Phi) is 5.02. The molecular formula is C18H22N4O3. The molecule has 2 heterocycles. The van der Waals surface area contributed by atoms with Crippen molar-refractivity contribution in [2.24, 2.45) is 0 Å². The lowest BCUT2D eigenvalue weighted by molar-refractivity contribution is 0.0601. The van der Waals surface area contributed by atoms with Crippen LogP contribution in [0, 0.1) is 0 Å². The van der Waals surface area contributed by atoms with Crippen molar-refractivity contribution in [1.29, 1.82) is 0 Å². The molecule has 2 aromatic rings. The third-order valence-electron chi connectivity index (χ3n) is 4.46. The van der Waals surface area contributed by atoms with Crippen molar-refractivity contribution in [1.82, 2.24) is 14.7 Å². The van der Waals surface area contributed by atoms with Crippen molar-refractivity contribution < 1.29 is 14.3 Å². The van der Waals surface area contributed by atoms with Crippen LogP contribution in [0.4, 0.5) is 5.82 Å². The number of ether oxygens (including phenoxy) is 1. The average Bonchev–Trinajstić information content (AvgIpc) is 2.85. The van der Waals surface area contributed by atoms with Crippen molar-refractivity contribution in [3.8, 4) is 5.69 Å². The van der Waals surface area contributed by atoms with Crippen LogP contribution in [0.3, 0.4) is 0 Å². The molecule has 0 saturated carbocycles. The Balaban J connectivity index is 1.79. The molecule has 1 aliphatic heterocycles. The number of likely N-dealkylation sites (tertiary alicyclic amines) is 1. The summed E-state index contributed by atoms with van der Waals surface area (Å²) in [6.45, 7) is 1.63. The molecule has 1 aromatic carbocycles. The van der Waals surface area contributed by atoms with Gasteiger partial charge < -0.3 is 15.4 Å². The van der Waals surface area contributed by atoms with E-state index in [9.17, 15) is 9.59 Å². The summed E-state index contributed by atoms with van der Waals surface area (Å²) in [5.41, 5.74) is 7.51. The summed E-state index contributed by atoms with van der Waals surface area (Å²) in [4.78, 5) is 26.2. The molecule has 1 amide bonds. The number of aromatic nitrogens is 2. The molecule has 2 N–H and O–H groups in total. The minimum atomic E-state index is -0.531. The van der Waals surface area contributed by atoms with Crippen LogP contribution < -0.4 is 5.73 Å². The molecule has 25 heavy (non-hydrogen) atoms. The summed E-state index contributed by atoms with van der Waals surface area (Å²) in [5.74, 6) is -0.271. The Morgan fingerprint density at radius 1 is 1.08 bits per heavy atom. The van der Waals surface area contributed by atoms with E-state index in [2.05, 4.69) is 9.84 Å². The maximum Gasteiger partial charge on any atom is 0.343 e. The highest BCUT2D eigenvalue weighted by Gasteiger charge is 2.19. The van der Waals surface area contributed by atoms with E-state index in [4.69, 9.17) is 5.73 Å². The predicted octanol–water partition coefficient (Wildman–Crippen LogP) is 2.26. The minimum Gasteiger partial charge on any atom is -0.465 e. The maximum absolute atomic E-state index is 12.6. The fourth-order valence-electron chi connectivity index (χ4n) is 3.03. The van der Waals surface area contributed by atoms with Gasteiger partial charge in [-0.3, -0.25) is 4.79 Å². The summed E-state index contributed by atoms with van der Waals surface area (Å²) < 4.78 is 6.12. The van der Waals surface area contributed by atoms with Gasteiger partial charge in [0.05, 0.1) is 19.0 Å². The highest BCUT2D eigenvalue weighted by atomic mass is 16.5. The molecule has 1 aliphatic rings. The number of carbonyl (C=O) groups is 2. The summed E-state index contributed by atoms with van der Waals surface area (Å²) in [6.07, 6.45) is 5.86. The molecule has 0 unspecified atom stereocenters. The Labute approximate surface area is 146 Å². The van der Waals surface area contributed by atoms with Gasteiger partial charge in [-0.2, -0.15) is 5.10 Å². The van der Waals surface area contributed by atoms with Crippen molar-refractivity contribution in [3.63, 3.8) is 0 Å². The van der Waals surface area contributed by atoms with Gasteiger partial charge in [0.2, 0.25) is 0 Å². The van der Waals surface area contributed by atoms with Gasteiger partial charge in [-0.15, -0.1) is 0 Å². The first-order chi connectivity index (χ1) is 12.1. The standard InChI is InChI=1S/C18H22N4O3/c1-25-18(24)15-12-20-22(16(15)19)14-8-6-13(7-9-14)17(23)21-10-4-2-3-5-11-21/h6-9,12H,2-5,10-11,19H2,1H3. The third-order valence-corrected chi connectivity index (χ3v) is 4.46.